The largest absolute Gasteiger partial charge is 0.396 e. The number of nitrogens with zero attached hydrogens (tertiary/aromatic N) is 1. The van der Waals surface area contributed by atoms with Crippen molar-refractivity contribution in [2.45, 2.75) is 58.4 Å². The fourth-order valence-corrected chi connectivity index (χ4v) is 3.00. The monoisotopic (exact) mass is 300 g/mol. The molecule has 0 radical (unpaired) electrons. The summed E-state index contributed by atoms with van der Waals surface area (Å²) in [5, 5.41) is 12.5. The Bertz CT molecular complexity index is 270. The Morgan fingerprint density at radius 3 is 2.57 bits per heavy atom. The van der Waals surface area contributed by atoms with Gasteiger partial charge in [-0.2, -0.15) is 0 Å². The molecule has 1 aliphatic heterocycles. The predicted molar refractivity (Wildman–Crippen MR) is 88.7 cm³/mol. The zero-order valence-corrected chi connectivity index (χ0v) is 14.6. The van der Waals surface area contributed by atoms with E-state index in [2.05, 4.69) is 38.0 Å². The minimum atomic E-state index is 0.157. The van der Waals surface area contributed by atoms with E-state index in [0.717, 1.165) is 45.7 Å². The first-order valence-corrected chi connectivity index (χ1v) is 8.49. The highest BCUT2D eigenvalue weighted by Gasteiger charge is 2.34. The fourth-order valence-electron chi connectivity index (χ4n) is 3.00. The highest BCUT2D eigenvalue weighted by atomic mass is 16.5. The van der Waals surface area contributed by atoms with E-state index in [-0.39, 0.29) is 11.0 Å². The molecule has 21 heavy (non-hydrogen) atoms. The van der Waals surface area contributed by atoms with E-state index in [4.69, 9.17) is 9.84 Å². The molecule has 0 aromatic rings. The second-order valence-electron chi connectivity index (χ2n) is 7.78. The van der Waals surface area contributed by atoms with E-state index < -0.39 is 0 Å². The molecule has 1 saturated heterocycles. The molecule has 1 unspecified atom stereocenters. The number of nitrogens with one attached hydrogen (secondary N) is 1. The summed E-state index contributed by atoms with van der Waals surface area (Å²) in [7, 11) is 2.21. The van der Waals surface area contributed by atoms with E-state index >= 15 is 0 Å². The van der Waals surface area contributed by atoms with Gasteiger partial charge in [0.05, 0.1) is 6.61 Å². The molecule has 0 saturated carbocycles. The number of rotatable bonds is 9. The average molecular weight is 300 g/mol. The standard InChI is InChI=1S/C17H36N2O2/c1-16(2,3)18-13-17(9-8-12-21-15-17)14-19(4)10-6-5-7-11-20/h18,20H,5-15H2,1-4H3. The molecule has 4 heteroatoms. The molecule has 1 rings (SSSR count). The van der Waals surface area contributed by atoms with Crippen molar-refractivity contribution < 1.29 is 9.84 Å². The van der Waals surface area contributed by atoms with Crippen molar-refractivity contribution in [3.63, 3.8) is 0 Å². The third kappa shape index (κ3) is 8.15. The zero-order chi connectivity index (χ0) is 15.8. The Morgan fingerprint density at radius 1 is 1.24 bits per heavy atom. The Labute approximate surface area is 131 Å². The number of hydrogen-bond acceptors (Lipinski definition) is 4. The van der Waals surface area contributed by atoms with Crippen LogP contribution in [-0.2, 0) is 4.74 Å². The molecule has 0 aromatic carbocycles. The summed E-state index contributed by atoms with van der Waals surface area (Å²) in [5.41, 5.74) is 0.404. The van der Waals surface area contributed by atoms with Gasteiger partial charge in [-0.25, -0.2) is 0 Å². The molecule has 0 amide bonds. The molecule has 0 aliphatic carbocycles. The quantitative estimate of drug-likeness (QED) is 0.641. The third-order valence-electron chi connectivity index (χ3n) is 4.20. The SMILES string of the molecule is CN(CCCCCO)CC1(CNC(C)(C)C)CCCOC1. The third-order valence-corrected chi connectivity index (χ3v) is 4.20. The van der Waals surface area contributed by atoms with Crippen LogP contribution in [0.25, 0.3) is 0 Å². The highest BCUT2D eigenvalue weighted by Crippen LogP contribution is 2.29. The summed E-state index contributed by atoms with van der Waals surface area (Å²) < 4.78 is 5.79. The number of aliphatic hydroxyl groups excluding tert-OH is 1. The van der Waals surface area contributed by atoms with Crippen molar-refractivity contribution in [3.05, 3.63) is 0 Å². The summed E-state index contributed by atoms with van der Waals surface area (Å²) in [5.74, 6) is 0. The van der Waals surface area contributed by atoms with E-state index in [1.165, 1.54) is 19.3 Å². The summed E-state index contributed by atoms with van der Waals surface area (Å²) in [6.45, 7) is 12.0. The number of unbranched alkanes of at least 4 members (excludes halogenated alkanes) is 2. The molecule has 1 fully saturated rings. The van der Waals surface area contributed by atoms with Gasteiger partial charge in [0.15, 0.2) is 0 Å². The van der Waals surface area contributed by atoms with Gasteiger partial charge in [-0.15, -0.1) is 0 Å². The Kier molecular flexibility index (Phi) is 8.17. The summed E-state index contributed by atoms with van der Waals surface area (Å²) in [4.78, 5) is 2.44. The summed E-state index contributed by atoms with van der Waals surface area (Å²) in [6, 6.07) is 0. The lowest BCUT2D eigenvalue weighted by Gasteiger charge is -2.41. The number of ether oxygens (including phenoxy) is 1. The van der Waals surface area contributed by atoms with Crippen LogP contribution in [0.15, 0.2) is 0 Å². The van der Waals surface area contributed by atoms with Gasteiger partial charge in [-0.1, -0.05) is 0 Å². The molecule has 126 valence electrons. The maximum atomic E-state index is 8.84. The Balaban J connectivity index is 2.44. The van der Waals surface area contributed by atoms with Gasteiger partial charge < -0.3 is 20.1 Å². The first-order chi connectivity index (χ1) is 9.87. The van der Waals surface area contributed by atoms with Crippen LogP contribution in [-0.4, -0.2) is 62.0 Å². The van der Waals surface area contributed by atoms with Gasteiger partial charge in [0.2, 0.25) is 0 Å². The highest BCUT2D eigenvalue weighted by molar-refractivity contribution is 4.89. The lowest BCUT2D eigenvalue weighted by atomic mass is 9.81. The molecule has 1 atom stereocenters. The molecule has 0 aromatic heterocycles. The normalized spacial score (nSPS) is 23.7. The number of aliphatic hydroxyl groups is 1. The molecule has 0 spiro atoms. The summed E-state index contributed by atoms with van der Waals surface area (Å²) >= 11 is 0. The molecule has 1 heterocycles. The van der Waals surface area contributed by atoms with E-state index in [9.17, 15) is 0 Å². The molecule has 4 nitrogen and oxygen atoms in total. The molecular formula is C17H36N2O2. The van der Waals surface area contributed by atoms with Crippen LogP contribution in [0.1, 0.15) is 52.9 Å². The lowest BCUT2D eigenvalue weighted by Crippen LogP contribution is -2.52. The van der Waals surface area contributed by atoms with Crippen molar-refractivity contribution in [1.82, 2.24) is 10.2 Å². The minimum Gasteiger partial charge on any atom is -0.396 e. The summed E-state index contributed by atoms with van der Waals surface area (Å²) in [6.07, 6.45) is 5.63. The van der Waals surface area contributed by atoms with Crippen LogP contribution in [0.2, 0.25) is 0 Å². The smallest absolute Gasteiger partial charge is 0.0546 e. The van der Waals surface area contributed by atoms with Crippen molar-refractivity contribution in [2.24, 2.45) is 5.41 Å². The van der Waals surface area contributed by atoms with Crippen molar-refractivity contribution in [3.8, 4) is 0 Å². The minimum absolute atomic E-state index is 0.157. The lowest BCUT2D eigenvalue weighted by molar-refractivity contribution is -0.0254. The van der Waals surface area contributed by atoms with Gasteiger partial charge in [-0.05, 0) is 66.5 Å². The van der Waals surface area contributed by atoms with Gasteiger partial charge in [0.25, 0.3) is 0 Å². The average Bonchev–Trinajstić information content (AvgIpc) is 2.42. The molecular weight excluding hydrogens is 264 g/mol. The topological polar surface area (TPSA) is 44.7 Å². The fraction of sp³-hybridized carbons (Fsp3) is 1.00. The molecule has 1 aliphatic rings. The molecule has 2 N–H and O–H groups in total. The van der Waals surface area contributed by atoms with Crippen LogP contribution in [0, 0.1) is 5.41 Å². The first-order valence-electron chi connectivity index (χ1n) is 8.49. The van der Waals surface area contributed by atoms with Crippen molar-refractivity contribution >= 4 is 0 Å². The van der Waals surface area contributed by atoms with Crippen LogP contribution in [0.4, 0.5) is 0 Å². The van der Waals surface area contributed by atoms with Crippen LogP contribution in [0.5, 0.6) is 0 Å². The van der Waals surface area contributed by atoms with Gasteiger partial charge in [0, 0.05) is 37.3 Å². The predicted octanol–water partition coefficient (Wildman–Crippen LogP) is 2.27. The first kappa shape index (κ1) is 18.9. The van der Waals surface area contributed by atoms with Crippen LogP contribution < -0.4 is 5.32 Å². The number of hydrogen-bond donors (Lipinski definition) is 2. The van der Waals surface area contributed by atoms with Crippen molar-refractivity contribution in [2.75, 3.05) is 46.5 Å². The van der Waals surface area contributed by atoms with Gasteiger partial charge >= 0.3 is 0 Å². The van der Waals surface area contributed by atoms with Gasteiger partial charge in [0.1, 0.15) is 0 Å². The van der Waals surface area contributed by atoms with Crippen LogP contribution in [0.3, 0.4) is 0 Å². The van der Waals surface area contributed by atoms with E-state index in [1.54, 1.807) is 0 Å². The maximum absolute atomic E-state index is 8.84. The maximum Gasteiger partial charge on any atom is 0.0546 e. The Hall–Kier alpha value is -0.160. The van der Waals surface area contributed by atoms with E-state index in [1.807, 2.05) is 0 Å². The molecule has 0 bridgehead atoms. The van der Waals surface area contributed by atoms with Gasteiger partial charge in [-0.3, -0.25) is 0 Å². The zero-order valence-electron chi connectivity index (χ0n) is 14.6. The second-order valence-corrected chi connectivity index (χ2v) is 7.78. The van der Waals surface area contributed by atoms with E-state index in [0.29, 0.717) is 6.61 Å². The second kappa shape index (κ2) is 9.09. The Morgan fingerprint density at radius 2 is 2.00 bits per heavy atom. The van der Waals surface area contributed by atoms with Crippen molar-refractivity contribution in [1.29, 1.82) is 0 Å². The van der Waals surface area contributed by atoms with Crippen LogP contribution >= 0.6 is 0 Å².